The van der Waals surface area contributed by atoms with Crippen LogP contribution in [0.3, 0.4) is 0 Å². The predicted octanol–water partition coefficient (Wildman–Crippen LogP) is 2.84. The molecule has 0 unspecified atom stereocenters. The average molecular weight is 263 g/mol. The largest absolute Gasteiger partial charge is 0.288 e. The summed E-state index contributed by atoms with van der Waals surface area (Å²) < 4.78 is 0. The van der Waals surface area contributed by atoms with Gasteiger partial charge in [0.2, 0.25) is 0 Å². The SMILES string of the molecule is CC(=O)SCC#Cc1c(C)cc(C)cc1[N+](=O)[O-]. The molecular formula is C13H13NO3S. The van der Waals surface area contributed by atoms with Gasteiger partial charge in [-0.1, -0.05) is 29.7 Å². The van der Waals surface area contributed by atoms with Gasteiger partial charge in [0.15, 0.2) is 5.12 Å². The topological polar surface area (TPSA) is 60.2 Å². The van der Waals surface area contributed by atoms with E-state index in [1.54, 1.807) is 6.92 Å². The molecule has 4 nitrogen and oxygen atoms in total. The van der Waals surface area contributed by atoms with Crippen molar-refractivity contribution in [1.82, 2.24) is 0 Å². The van der Waals surface area contributed by atoms with E-state index in [4.69, 9.17) is 0 Å². The third-order valence-corrected chi connectivity index (χ3v) is 2.91. The van der Waals surface area contributed by atoms with Gasteiger partial charge in [0.1, 0.15) is 5.56 Å². The van der Waals surface area contributed by atoms with Crippen LogP contribution in [0.2, 0.25) is 0 Å². The quantitative estimate of drug-likeness (QED) is 0.467. The molecule has 1 rings (SSSR count). The maximum absolute atomic E-state index is 10.9. The molecule has 94 valence electrons. The molecule has 0 radical (unpaired) electrons. The van der Waals surface area contributed by atoms with E-state index in [0.717, 1.165) is 22.9 Å². The molecule has 0 spiro atoms. The lowest BCUT2D eigenvalue weighted by molar-refractivity contribution is -0.385. The first-order chi connectivity index (χ1) is 8.41. The van der Waals surface area contributed by atoms with Gasteiger partial charge in [-0.25, -0.2) is 0 Å². The molecule has 0 fully saturated rings. The highest BCUT2D eigenvalue weighted by Crippen LogP contribution is 2.23. The monoisotopic (exact) mass is 263 g/mol. The van der Waals surface area contributed by atoms with Crippen molar-refractivity contribution in [3.8, 4) is 11.8 Å². The number of nitro benzene ring substituents is 1. The molecule has 0 N–H and O–H groups in total. The first kappa shape index (κ1) is 14.3. The van der Waals surface area contributed by atoms with Gasteiger partial charge < -0.3 is 0 Å². The van der Waals surface area contributed by atoms with Gasteiger partial charge in [0.05, 0.1) is 10.7 Å². The summed E-state index contributed by atoms with van der Waals surface area (Å²) in [5.74, 6) is 5.90. The van der Waals surface area contributed by atoms with E-state index < -0.39 is 4.92 Å². The molecule has 0 aromatic heterocycles. The van der Waals surface area contributed by atoms with E-state index in [1.807, 2.05) is 13.0 Å². The minimum absolute atomic E-state index is 0.0144. The lowest BCUT2D eigenvalue weighted by Crippen LogP contribution is -1.96. The van der Waals surface area contributed by atoms with Gasteiger partial charge in [-0.2, -0.15) is 0 Å². The van der Waals surface area contributed by atoms with E-state index in [9.17, 15) is 14.9 Å². The summed E-state index contributed by atoms with van der Waals surface area (Å²) in [4.78, 5) is 21.2. The van der Waals surface area contributed by atoms with Crippen molar-refractivity contribution in [3.63, 3.8) is 0 Å². The fourth-order valence-corrected chi connectivity index (χ4v) is 1.86. The normalized spacial score (nSPS) is 9.50. The van der Waals surface area contributed by atoms with Crippen LogP contribution >= 0.6 is 11.8 Å². The Bertz CT molecular complexity index is 555. The van der Waals surface area contributed by atoms with Gasteiger partial charge >= 0.3 is 0 Å². The van der Waals surface area contributed by atoms with Crippen molar-refractivity contribution in [2.24, 2.45) is 0 Å². The van der Waals surface area contributed by atoms with Crippen LogP contribution in [0.5, 0.6) is 0 Å². The second kappa shape index (κ2) is 6.22. The van der Waals surface area contributed by atoms with Crippen molar-refractivity contribution >= 4 is 22.6 Å². The minimum Gasteiger partial charge on any atom is -0.288 e. The number of nitrogens with zero attached hydrogens (tertiary/aromatic N) is 1. The van der Waals surface area contributed by atoms with Crippen LogP contribution < -0.4 is 0 Å². The zero-order valence-corrected chi connectivity index (χ0v) is 11.3. The van der Waals surface area contributed by atoms with Crippen LogP contribution in [0.25, 0.3) is 0 Å². The van der Waals surface area contributed by atoms with Crippen molar-refractivity contribution in [3.05, 3.63) is 38.9 Å². The molecule has 5 heteroatoms. The van der Waals surface area contributed by atoms with E-state index in [1.165, 1.54) is 13.0 Å². The first-order valence-electron chi connectivity index (χ1n) is 5.29. The minimum atomic E-state index is -0.428. The van der Waals surface area contributed by atoms with Crippen LogP contribution in [0.1, 0.15) is 23.6 Å². The molecule has 0 saturated carbocycles. The highest BCUT2D eigenvalue weighted by Gasteiger charge is 2.14. The third kappa shape index (κ3) is 3.90. The predicted molar refractivity (Wildman–Crippen MR) is 72.6 cm³/mol. The van der Waals surface area contributed by atoms with Crippen molar-refractivity contribution in [2.45, 2.75) is 20.8 Å². The molecule has 0 aliphatic heterocycles. The molecule has 0 aliphatic carbocycles. The highest BCUT2D eigenvalue weighted by molar-refractivity contribution is 8.13. The van der Waals surface area contributed by atoms with Gasteiger partial charge in [-0.15, -0.1) is 0 Å². The maximum Gasteiger partial charge on any atom is 0.285 e. The van der Waals surface area contributed by atoms with Crippen LogP contribution in [-0.4, -0.2) is 15.8 Å². The maximum atomic E-state index is 10.9. The lowest BCUT2D eigenvalue weighted by Gasteiger charge is -2.02. The highest BCUT2D eigenvalue weighted by atomic mass is 32.2. The number of nitro groups is 1. The molecule has 0 atom stereocenters. The smallest absolute Gasteiger partial charge is 0.285 e. The van der Waals surface area contributed by atoms with E-state index in [-0.39, 0.29) is 10.8 Å². The summed E-state index contributed by atoms with van der Waals surface area (Å²) in [6.45, 7) is 5.07. The summed E-state index contributed by atoms with van der Waals surface area (Å²) in [6.07, 6.45) is 0. The zero-order valence-electron chi connectivity index (χ0n) is 10.4. The van der Waals surface area contributed by atoms with Crippen molar-refractivity contribution in [1.29, 1.82) is 0 Å². The molecule has 0 heterocycles. The Kier molecular flexibility index (Phi) is 4.93. The molecule has 18 heavy (non-hydrogen) atoms. The van der Waals surface area contributed by atoms with Crippen molar-refractivity contribution < 1.29 is 9.72 Å². The Labute approximate surface area is 110 Å². The Hall–Kier alpha value is -1.80. The fraction of sp³-hybridized carbons (Fsp3) is 0.308. The number of thioether (sulfide) groups is 1. The Balaban J connectivity index is 3.07. The average Bonchev–Trinajstić information content (AvgIpc) is 2.25. The number of carbonyl (C=O) groups is 1. The number of benzene rings is 1. The van der Waals surface area contributed by atoms with Crippen molar-refractivity contribution in [2.75, 3.05) is 5.75 Å². The van der Waals surface area contributed by atoms with Gasteiger partial charge in [-0.05, 0) is 25.0 Å². The summed E-state index contributed by atoms with van der Waals surface area (Å²) in [5, 5.41) is 10.9. The number of aryl methyl sites for hydroxylation is 2. The summed E-state index contributed by atoms with van der Waals surface area (Å²) in [5.41, 5.74) is 2.06. The van der Waals surface area contributed by atoms with Gasteiger partial charge in [0.25, 0.3) is 5.69 Å². The van der Waals surface area contributed by atoms with Gasteiger partial charge in [-0.3, -0.25) is 14.9 Å². The first-order valence-corrected chi connectivity index (χ1v) is 6.28. The number of hydrogen-bond acceptors (Lipinski definition) is 4. The summed E-state index contributed by atoms with van der Waals surface area (Å²) >= 11 is 1.09. The lowest BCUT2D eigenvalue weighted by atomic mass is 10.0. The Morgan fingerprint density at radius 1 is 1.44 bits per heavy atom. The molecule has 0 aliphatic rings. The van der Waals surface area contributed by atoms with Gasteiger partial charge in [0, 0.05) is 13.0 Å². The second-order valence-corrected chi connectivity index (χ2v) is 4.97. The fourth-order valence-electron chi connectivity index (χ4n) is 1.51. The summed E-state index contributed by atoms with van der Waals surface area (Å²) in [7, 11) is 0. The van der Waals surface area contributed by atoms with Crippen LogP contribution in [0.4, 0.5) is 5.69 Å². The van der Waals surface area contributed by atoms with Crippen LogP contribution in [0.15, 0.2) is 12.1 Å². The third-order valence-electron chi connectivity index (χ3n) is 2.22. The molecular weight excluding hydrogens is 250 g/mol. The molecule has 0 bridgehead atoms. The van der Waals surface area contributed by atoms with Crippen LogP contribution in [-0.2, 0) is 4.79 Å². The second-order valence-electron chi connectivity index (χ2n) is 3.82. The molecule has 1 aromatic carbocycles. The molecule has 1 aromatic rings. The Morgan fingerprint density at radius 2 is 2.11 bits per heavy atom. The number of rotatable bonds is 2. The van der Waals surface area contributed by atoms with E-state index in [0.29, 0.717) is 11.3 Å². The zero-order chi connectivity index (χ0) is 13.7. The number of carbonyl (C=O) groups excluding carboxylic acids is 1. The van der Waals surface area contributed by atoms with Crippen LogP contribution in [0, 0.1) is 35.8 Å². The molecule has 0 amide bonds. The number of hydrogen-bond donors (Lipinski definition) is 0. The molecule has 0 saturated heterocycles. The van der Waals surface area contributed by atoms with E-state index >= 15 is 0 Å². The standard InChI is InChI=1S/C13H13NO3S/c1-9-7-10(2)12(13(8-9)14(16)17)5-4-6-18-11(3)15/h7-8H,6H2,1-3H3. The summed E-state index contributed by atoms with van der Waals surface area (Å²) in [6, 6.07) is 3.37. The van der Waals surface area contributed by atoms with E-state index in [2.05, 4.69) is 11.8 Å². The Morgan fingerprint density at radius 3 is 2.67 bits per heavy atom.